The van der Waals surface area contributed by atoms with Gasteiger partial charge < -0.3 is 14.6 Å². The summed E-state index contributed by atoms with van der Waals surface area (Å²) in [4.78, 5) is 11.2. The van der Waals surface area contributed by atoms with Crippen molar-refractivity contribution < 1.29 is 19.4 Å². The molecular weight excluding hydrogens is 476 g/mol. The molecule has 6 heteroatoms. The van der Waals surface area contributed by atoms with Crippen LogP contribution in [0.25, 0.3) is 0 Å². The first-order valence-electron chi connectivity index (χ1n) is 8.71. The van der Waals surface area contributed by atoms with Crippen molar-refractivity contribution in [2.24, 2.45) is 0 Å². The second kappa shape index (κ2) is 9.11. The number of benzene rings is 2. The van der Waals surface area contributed by atoms with Gasteiger partial charge in [0.2, 0.25) is 0 Å². The highest BCUT2D eigenvalue weighted by Gasteiger charge is 2.18. The minimum Gasteiger partial charge on any atom is -0.496 e. The summed E-state index contributed by atoms with van der Waals surface area (Å²) in [5.74, 6) is 1.32. The van der Waals surface area contributed by atoms with Crippen molar-refractivity contribution in [3.8, 4) is 11.5 Å². The van der Waals surface area contributed by atoms with E-state index in [2.05, 4.69) is 59.6 Å². The van der Waals surface area contributed by atoms with Gasteiger partial charge in [-0.25, -0.2) is 4.79 Å². The lowest BCUT2D eigenvalue weighted by Crippen LogP contribution is -2.05. The van der Waals surface area contributed by atoms with Gasteiger partial charge in [0.15, 0.2) is 0 Å². The first kappa shape index (κ1) is 21.8. The summed E-state index contributed by atoms with van der Waals surface area (Å²) in [6.45, 7) is 8.82. The molecule has 4 nitrogen and oxygen atoms in total. The smallest absolute Gasteiger partial charge is 0.335 e. The van der Waals surface area contributed by atoms with Crippen LogP contribution in [0.2, 0.25) is 0 Å². The van der Waals surface area contributed by atoms with Crippen molar-refractivity contribution in [3.63, 3.8) is 0 Å². The van der Waals surface area contributed by atoms with Gasteiger partial charge in [0, 0.05) is 25.6 Å². The number of rotatable bonds is 7. The highest BCUT2D eigenvalue weighted by Crippen LogP contribution is 2.38. The Kier molecular flexibility index (Phi) is 7.34. The third-order valence-electron chi connectivity index (χ3n) is 4.34. The van der Waals surface area contributed by atoms with Crippen molar-refractivity contribution >= 4 is 37.8 Å². The van der Waals surface area contributed by atoms with Crippen LogP contribution in [-0.4, -0.2) is 18.2 Å². The lowest BCUT2D eigenvalue weighted by molar-refractivity contribution is 0.0696. The SMILES string of the molecule is COc1c(C(C)C)cc(OCc2c(Br)cc(C(=O)O)cc2Br)cc1C(C)C. The van der Waals surface area contributed by atoms with Gasteiger partial charge >= 0.3 is 5.97 Å². The third-order valence-corrected chi connectivity index (χ3v) is 5.75. The summed E-state index contributed by atoms with van der Waals surface area (Å²) in [6, 6.07) is 7.20. The Morgan fingerprint density at radius 1 is 1.00 bits per heavy atom. The van der Waals surface area contributed by atoms with Crippen LogP contribution in [0.4, 0.5) is 0 Å². The van der Waals surface area contributed by atoms with Gasteiger partial charge in [0.05, 0.1) is 12.7 Å². The van der Waals surface area contributed by atoms with Gasteiger partial charge in [-0.15, -0.1) is 0 Å². The second-order valence-electron chi connectivity index (χ2n) is 6.96. The molecule has 0 spiro atoms. The second-order valence-corrected chi connectivity index (χ2v) is 8.67. The van der Waals surface area contributed by atoms with Crippen molar-refractivity contribution in [1.82, 2.24) is 0 Å². The fourth-order valence-corrected chi connectivity index (χ4v) is 4.26. The molecule has 2 aromatic rings. The lowest BCUT2D eigenvalue weighted by atomic mass is 9.93. The lowest BCUT2D eigenvalue weighted by Gasteiger charge is -2.20. The van der Waals surface area contributed by atoms with Crippen LogP contribution in [0.5, 0.6) is 11.5 Å². The van der Waals surface area contributed by atoms with E-state index in [0.717, 1.165) is 28.2 Å². The van der Waals surface area contributed by atoms with Gasteiger partial charge in [0.25, 0.3) is 0 Å². The average molecular weight is 500 g/mol. The Hall–Kier alpha value is -1.53. The van der Waals surface area contributed by atoms with E-state index < -0.39 is 5.97 Å². The summed E-state index contributed by atoms with van der Waals surface area (Å²) >= 11 is 6.89. The van der Waals surface area contributed by atoms with Crippen molar-refractivity contribution in [2.45, 2.75) is 46.1 Å². The molecule has 0 heterocycles. The van der Waals surface area contributed by atoms with Gasteiger partial charge in [0.1, 0.15) is 18.1 Å². The molecule has 27 heavy (non-hydrogen) atoms. The summed E-state index contributed by atoms with van der Waals surface area (Å²) in [6.07, 6.45) is 0. The normalized spacial score (nSPS) is 11.1. The Labute approximate surface area is 177 Å². The molecule has 0 saturated heterocycles. The van der Waals surface area contributed by atoms with E-state index in [-0.39, 0.29) is 5.56 Å². The molecule has 0 aromatic heterocycles. The molecular formula is C21H24Br2O4. The molecule has 1 N–H and O–H groups in total. The Balaban J connectivity index is 2.37. The van der Waals surface area contributed by atoms with Gasteiger partial charge in [-0.2, -0.15) is 0 Å². The number of carbonyl (C=O) groups is 1. The zero-order valence-electron chi connectivity index (χ0n) is 16.1. The minimum absolute atomic E-state index is 0.214. The predicted octanol–water partition coefficient (Wildman–Crippen LogP) is 6.74. The standard InChI is InChI=1S/C21H24Br2O4/c1-11(2)15-8-14(9-16(12(3)4)20(15)26-5)27-10-17-18(22)6-13(21(24)25)7-19(17)23/h6-9,11-12H,10H2,1-5H3,(H,24,25). The van der Waals surface area contributed by atoms with Crippen LogP contribution < -0.4 is 9.47 Å². The topological polar surface area (TPSA) is 55.8 Å². The number of hydrogen-bond acceptors (Lipinski definition) is 3. The maximum Gasteiger partial charge on any atom is 0.335 e. The Morgan fingerprint density at radius 2 is 1.48 bits per heavy atom. The highest BCUT2D eigenvalue weighted by atomic mass is 79.9. The molecule has 0 aliphatic rings. The number of carboxylic acid groups (broad SMARTS) is 1. The summed E-state index contributed by atoms with van der Waals surface area (Å²) in [5.41, 5.74) is 3.29. The number of hydrogen-bond donors (Lipinski definition) is 1. The third kappa shape index (κ3) is 5.05. The molecule has 0 amide bonds. The van der Waals surface area contributed by atoms with Crippen LogP contribution in [-0.2, 0) is 6.61 Å². The van der Waals surface area contributed by atoms with E-state index in [0.29, 0.717) is 27.4 Å². The molecule has 146 valence electrons. The van der Waals surface area contributed by atoms with Crippen LogP contribution in [0, 0.1) is 0 Å². The van der Waals surface area contributed by atoms with Crippen LogP contribution in [0.3, 0.4) is 0 Å². The number of halogens is 2. The molecule has 0 fully saturated rings. The predicted molar refractivity (Wildman–Crippen MR) is 114 cm³/mol. The minimum atomic E-state index is -0.970. The number of methoxy groups -OCH3 is 1. The van der Waals surface area contributed by atoms with Crippen LogP contribution in [0.1, 0.15) is 66.6 Å². The molecule has 2 rings (SSSR count). The Morgan fingerprint density at radius 3 is 1.85 bits per heavy atom. The van der Waals surface area contributed by atoms with E-state index in [1.54, 1.807) is 19.2 Å². The zero-order chi connectivity index (χ0) is 20.3. The van der Waals surface area contributed by atoms with Gasteiger partial charge in [-0.1, -0.05) is 59.6 Å². The van der Waals surface area contributed by atoms with Crippen molar-refractivity contribution in [2.75, 3.05) is 7.11 Å². The molecule has 2 aromatic carbocycles. The van der Waals surface area contributed by atoms with Gasteiger partial charge in [-0.05, 0) is 36.1 Å². The van der Waals surface area contributed by atoms with E-state index >= 15 is 0 Å². The molecule has 0 bridgehead atoms. The van der Waals surface area contributed by atoms with Crippen molar-refractivity contribution in [1.29, 1.82) is 0 Å². The maximum atomic E-state index is 11.2. The van der Waals surface area contributed by atoms with E-state index in [1.807, 2.05) is 12.1 Å². The molecule has 0 aliphatic heterocycles. The molecule has 0 aliphatic carbocycles. The van der Waals surface area contributed by atoms with E-state index in [4.69, 9.17) is 14.6 Å². The quantitative estimate of drug-likeness (QED) is 0.458. The first-order chi connectivity index (χ1) is 12.6. The summed E-state index contributed by atoms with van der Waals surface area (Å²) in [7, 11) is 1.70. The molecule has 0 radical (unpaired) electrons. The largest absolute Gasteiger partial charge is 0.496 e. The number of carboxylic acids is 1. The molecule has 0 saturated carbocycles. The van der Waals surface area contributed by atoms with Crippen molar-refractivity contribution in [3.05, 3.63) is 55.5 Å². The number of aromatic carboxylic acids is 1. The van der Waals surface area contributed by atoms with E-state index in [1.165, 1.54) is 0 Å². The zero-order valence-corrected chi connectivity index (χ0v) is 19.3. The van der Waals surface area contributed by atoms with Crippen LogP contribution >= 0.6 is 31.9 Å². The first-order valence-corrected chi connectivity index (χ1v) is 10.3. The average Bonchev–Trinajstić information content (AvgIpc) is 2.59. The maximum absolute atomic E-state index is 11.2. The Bertz CT molecular complexity index is 792. The highest BCUT2D eigenvalue weighted by molar-refractivity contribution is 9.11. The monoisotopic (exact) mass is 498 g/mol. The van der Waals surface area contributed by atoms with Gasteiger partial charge in [-0.3, -0.25) is 0 Å². The molecule has 0 unspecified atom stereocenters. The fourth-order valence-electron chi connectivity index (χ4n) is 2.84. The fraction of sp³-hybridized carbons (Fsp3) is 0.381. The summed E-state index contributed by atoms with van der Waals surface area (Å²) < 4.78 is 13.1. The van der Waals surface area contributed by atoms with Crippen LogP contribution in [0.15, 0.2) is 33.2 Å². The molecule has 0 atom stereocenters. The summed E-state index contributed by atoms with van der Waals surface area (Å²) in [5, 5.41) is 9.16. The van der Waals surface area contributed by atoms with E-state index in [9.17, 15) is 4.79 Å². The number of ether oxygens (including phenoxy) is 2.